The maximum absolute atomic E-state index is 13.3. The summed E-state index contributed by atoms with van der Waals surface area (Å²) in [6.07, 6.45) is -1.31. The molecule has 0 saturated carbocycles. The second kappa shape index (κ2) is 13.4. The number of aromatic nitrogens is 2. The molecule has 0 saturated heterocycles. The van der Waals surface area contributed by atoms with Gasteiger partial charge in [0.25, 0.3) is 0 Å². The third-order valence-electron chi connectivity index (χ3n) is 7.68. The number of nitrogens with zero attached hydrogens (tertiary/aromatic N) is 2. The third kappa shape index (κ3) is 8.07. The van der Waals surface area contributed by atoms with Crippen LogP contribution in [0.4, 0.5) is 17.6 Å². The Labute approximate surface area is 281 Å². The quantitative estimate of drug-likeness (QED) is 0.0991. The third-order valence-corrected chi connectivity index (χ3v) is 7.68. The summed E-state index contributed by atoms with van der Waals surface area (Å²) in [7, 11) is 0. The number of alkyl halides is 3. The van der Waals surface area contributed by atoms with E-state index in [2.05, 4.69) is 94.0 Å². The average Bonchev–Trinajstić information content (AvgIpc) is 3.00. The second-order valence-electron chi connectivity index (χ2n) is 13.1. The van der Waals surface area contributed by atoms with E-state index in [4.69, 9.17) is 0 Å². The molecule has 6 aromatic rings. The van der Waals surface area contributed by atoms with Gasteiger partial charge in [0, 0.05) is 38.1 Å². The van der Waals surface area contributed by atoms with Crippen LogP contribution in [-0.4, -0.2) is 9.97 Å². The monoisotopic (exact) mass is 799 g/mol. The van der Waals surface area contributed by atoms with Crippen LogP contribution in [0.1, 0.15) is 58.2 Å². The van der Waals surface area contributed by atoms with Crippen LogP contribution in [0.3, 0.4) is 0 Å². The van der Waals surface area contributed by atoms with Gasteiger partial charge in [0.1, 0.15) is 5.82 Å². The Hall–Kier alpha value is -3.93. The Morgan fingerprint density at radius 2 is 1.22 bits per heavy atom. The van der Waals surface area contributed by atoms with Crippen LogP contribution in [0.25, 0.3) is 44.1 Å². The first kappa shape index (κ1) is 34.9. The summed E-state index contributed by atoms with van der Waals surface area (Å²) in [6.45, 7) is 13.3. The topological polar surface area (TPSA) is 25.8 Å². The standard InChI is InChI=1S/C20H10F4N.C19H24N.Ir/c21-16-4-6-18-13(10-16)2-1-12-9-14(3-5-17(12)18)19-11-15(7-8-25-19)20(22,23)24;1-18(2,3)15-9-7-14(8-10-15)17-12-11-16(13-20-17)19(4,5)6;/h1-2,4-11H;7,9-13H,1-6H3;/q2*-1;. The first-order valence-corrected chi connectivity index (χ1v) is 14.7. The minimum atomic E-state index is -4.42. The fraction of sp³-hybridized carbons (Fsp3) is 0.231. The van der Waals surface area contributed by atoms with Gasteiger partial charge in [-0.25, -0.2) is 4.39 Å². The number of rotatable bonds is 2. The van der Waals surface area contributed by atoms with Crippen molar-refractivity contribution in [3.8, 4) is 22.5 Å². The zero-order valence-corrected chi connectivity index (χ0v) is 28.9. The van der Waals surface area contributed by atoms with Gasteiger partial charge in [-0.3, -0.25) is 0 Å². The molecule has 0 fully saturated rings. The van der Waals surface area contributed by atoms with Crippen LogP contribution in [0.15, 0.2) is 97.3 Å². The normalized spacial score (nSPS) is 12.0. The number of fused-ring (bicyclic) bond motifs is 3. The molecule has 6 rings (SSSR count). The van der Waals surface area contributed by atoms with E-state index in [0.29, 0.717) is 5.56 Å². The fourth-order valence-electron chi connectivity index (χ4n) is 4.93. The van der Waals surface area contributed by atoms with Crippen LogP contribution in [0.2, 0.25) is 0 Å². The first-order valence-electron chi connectivity index (χ1n) is 14.7. The van der Waals surface area contributed by atoms with Crippen molar-refractivity contribution < 1.29 is 37.7 Å². The number of pyridine rings is 2. The van der Waals surface area contributed by atoms with Crippen LogP contribution >= 0.6 is 0 Å². The van der Waals surface area contributed by atoms with E-state index in [-0.39, 0.29) is 42.4 Å². The molecule has 7 heteroatoms. The van der Waals surface area contributed by atoms with Crippen molar-refractivity contribution >= 4 is 21.5 Å². The molecule has 0 amide bonds. The summed E-state index contributed by atoms with van der Waals surface area (Å²) in [5.74, 6) is -0.319. The first-order chi connectivity index (χ1) is 21.1. The Morgan fingerprint density at radius 1 is 0.565 bits per heavy atom. The molecule has 46 heavy (non-hydrogen) atoms. The molecule has 0 aliphatic rings. The molecule has 0 unspecified atom stereocenters. The van der Waals surface area contributed by atoms with Crippen molar-refractivity contribution in [3.63, 3.8) is 0 Å². The zero-order valence-electron chi connectivity index (χ0n) is 26.5. The van der Waals surface area contributed by atoms with E-state index in [1.807, 2.05) is 12.3 Å². The minimum Gasteiger partial charge on any atom is -0.305 e. The molecule has 0 aliphatic heterocycles. The van der Waals surface area contributed by atoms with Gasteiger partial charge in [-0.2, -0.15) is 13.2 Å². The number of benzene rings is 4. The summed E-state index contributed by atoms with van der Waals surface area (Å²) in [5.41, 5.74) is 4.83. The van der Waals surface area contributed by atoms with Gasteiger partial charge in [0.15, 0.2) is 0 Å². The molecule has 0 bridgehead atoms. The smallest absolute Gasteiger partial charge is 0.305 e. The van der Waals surface area contributed by atoms with E-state index in [0.717, 1.165) is 51.1 Å². The van der Waals surface area contributed by atoms with Crippen LogP contribution < -0.4 is 0 Å². The van der Waals surface area contributed by atoms with E-state index in [9.17, 15) is 17.6 Å². The van der Waals surface area contributed by atoms with Gasteiger partial charge in [0.2, 0.25) is 0 Å². The largest absolute Gasteiger partial charge is 0.415 e. The van der Waals surface area contributed by atoms with Gasteiger partial charge in [-0.05, 0) is 51.4 Å². The van der Waals surface area contributed by atoms with E-state index >= 15 is 0 Å². The van der Waals surface area contributed by atoms with Gasteiger partial charge in [-0.1, -0.05) is 88.7 Å². The summed E-state index contributed by atoms with van der Waals surface area (Å²) >= 11 is 0. The number of hydrogen-bond acceptors (Lipinski definition) is 2. The summed E-state index contributed by atoms with van der Waals surface area (Å²) in [6, 6.07) is 30.4. The van der Waals surface area contributed by atoms with E-state index in [1.165, 1.54) is 23.3 Å². The van der Waals surface area contributed by atoms with E-state index in [1.54, 1.807) is 24.3 Å². The number of hydrogen-bond donors (Lipinski definition) is 0. The average molecular weight is 799 g/mol. The molecular weight excluding hydrogens is 765 g/mol. The predicted molar refractivity (Wildman–Crippen MR) is 174 cm³/mol. The maximum atomic E-state index is 13.3. The van der Waals surface area contributed by atoms with Crippen LogP contribution in [-0.2, 0) is 37.1 Å². The molecule has 0 spiro atoms. The van der Waals surface area contributed by atoms with Crippen molar-refractivity contribution in [2.45, 2.75) is 58.5 Å². The number of halogens is 4. The molecule has 4 aromatic carbocycles. The Kier molecular flexibility index (Phi) is 10.2. The Bertz CT molecular complexity index is 1900. The van der Waals surface area contributed by atoms with E-state index < -0.39 is 11.7 Å². The van der Waals surface area contributed by atoms with Crippen molar-refractivity contribution in [1.82, 2.24) is 9.97 Å². The molecule has 2 nitrogen and oxygen atoms in total. The molecule has 2 heterocycles. The van der Waals surface area contributed by atoms with Crippen LogP contribution in [0, 0.1) is 17.9 Å². The van der Waals surface area contributed by atoms with Crippen molar-refractivity contribution in [1.29, 1.82) is 0 Å². The maximum Gasteiger partial charge on any atom is 0.415 e. The SMILES string of the molecule is CC(C)(C)c1c[c-]c(-c2ccc(C(C)(C)C)cn2)cc1.Fc1ccc2c(ccc3cc(-c4cc(C(F)(F)F)ccn4)[c-]cc32)c1.[Ir]. The minimum absolute atomic E-state index is 0. The molecule has 1 radical (unpaired) electrons. The van der Waals surface area contributed by atoms with Crippen molar-refractivity contribution in [2.75, 3.05) is 0 Å². The van der Waals surface area contributed by atoms with Gasteiger partial charge in [-0.15, -0.1) is 64.5 Å². The summed E-state index contributed by atoms with van der Waals surface area (Å²) in [4.78, 5) is 8.60. The zero-order chi connectivity index (χ0) is 32.6. The molecular formula is C39H34F4IrN2-2. The molecule has 0 aliphatic carbocycles. The predicted octanol–water partition coefficient (Wildman–Crippen LogP) is 11.2. The van der Waals surface area contributed by atoms with Gasteiger partial charge < -0.3 is 9.97 Å². The van der Waals surface area contributed by atoms with Crippen molar-refractivity contribution in [2.24, 2.45) is 0 Å². The van der Waals surface area contributed by atoms with Gasteiger partial charge >= 0.3 is 6.18 Å². The molecule has 2 aromatic heterocycles. The van der Waals surface area contributed by atoms with Crippen molar-refractivity contribution in [3.05, 3.63) is 132 Å². The summed E-state index contributed by atoms with van der Waals surface area (Å²) in [5, 5.41) is 3.30. The summed E-state index contributed by atoms with van der Waals surface area (Å²) < 4.78 is 52.0. The van der Waals surface area contributed by atoms with Crippen LogP contribution in [0.5, 0.6) is 0 Å². The molecule has 239 valence electrons. The fourth-order valence-corrected chi connectivity index (χ4v) is 4.93. The molecule has 0 N–H and O–H groups in total. The Morgan fingerprint density at radius 3 is 1.80 bits per heavy atom. The Balaban J connectivity index is 0.000000210. The van der Waals surface area contributed by atoms with Gasteiger partial charge in [0.05, 0.1) is 0 Å². The second-order valence-corrected chi connectivity index (χ2v) is 13.1. The molecule has 0 atom stereocenters.